The second-order valence-corrected chi connectivity index (χ2v) is 3.72. The van der Waals surface area contributed by atoms with Crippen LogP contribution in [0.5, 0.6) is 0 Å². The standard InChI is InChI=1S/C13H17NO4/c1-2-12(13(16)17)8-11(9-14)6-4-3-5-7-18-10-15/h2-3,5,10-12H,1,4,6-8H2,(H,16,17). The zero-order valence-corrected chi connectivity index (χ0v) is 10.1. The molecule has 0 radical (unpaired) electrons. The van der Waals surface area contributed by atoms with Gasteiger partial charge in [0.15, 0.2) is 0 Å². The van der Waals surface area contributed by atoms with Crippen LogP contribution in [0.25, 0.3) is 0 Å². The maximum atomic E-state index is 10.8. The third-order valence-corrected chi connectivity index (χ3v) is 2.43. The molecule has 0 aromatic rings. The molecule has 5 heteroatoms. The number of carbonyl (C=O) groups excluding carboxylic acids is 1. The van der Waals surface area contributed by atoms with Crippen LogP contribution in [-0.4, -0.2) is 24.2 Å². The van der Waals surface area contributed by atoms with Gasteiger partial charge in [-0.3, -0.25) is 9.59 Å². The second-order valence-electron chi connectivity index (χ2n) is 3.72. The van der Waals surface area contributed by atoms with Crippen LogP contribution in [0.2, 0.25) is 0 Å². The third-order valence-electron chi connectivity index (χ3n) is 2.43. The number of rotatable bonds is 10. The van der Waals surface area contributed by atoms with Crippen LogP contribution in [0, 0.1) is 23.2 Å². The van der Waals surface area contributed by atoms with E-state index in [1.165, 1.54) is 6.08 Å². The number of aliphatic carboxylic acids is 1. The third kappa shape index (κ3) is 7.23. The fourth-order valence-corrected chi connectivity index (χ4v) is 1.42. The number of carboxylic acid groups (broad SMARTS) is 1. The summed E-state index contributed by atoms with van der Waals surface area (Å²) >= 11 is 0. The molecule has 0 heterocycles. The maximum Gasteiger partial charge on any atom is 0.310 e. The van der Waals surface area contributed by atoms with E-state index in [2.05, 4.69) is 17.4 Å². The fraction of sp³-hybridized carbons (Fsp3) is 0.462. The Kier molecular flexibility index (Phi) is 8.92. The first-order valence-electron chi connectivity index (χ1n) is 5.60. The lowest BCUT2D eigenvalue weighted by Crippen LogP contribution is -2.15. The molecule has 0 spiro atoms. The monoisotopic (exact) mass is 251 g/mol. The number of allylic oxidation sites excluding steroid dienone is 1. The normalized spacial score (nSPS) is 13.5. The highest BCUT2D eigenvalue weighted by Crippen LogP contribution is 2.18. The van der Waals surface area contributed by atoms with Gasteiger partial charge in [0, 0.05) is 5.92 Å². The molecule has 5 nitrogen and oxygen atoms in total. The second kappa shape index (κ2) is 10.1. The first-order chi connectivity index (χ1) is 8.65. The van der Waals surface area contributed by atoms with Crippen molar-refractivity contribution in [3.05, 3.63) is 24.8 Å². The van der Waals surface area contributed by atoms with E-state index in [1.54, 1.807) is 12.2 Å². The largest absolute Gasteiger partial charge is 0.481 e. The number of hydrogen-bond acceptors (Lipinski definition) is 4. The molecule has 0 saturated carbocycles. The Morgan fingerprint density at radius 3 is 2.72 bits per heavy atom. The highest BCUT2D eigenvalue weighted by atomic mass is 16.5. The van der Waals surface area contributed by atoms with Crippen LogP contribution < -0.4 is 0 Å². The van der Waals surface area contributed by atoms with Crippen LogP contribution in [0.1, 0.15) is 19.3 Å². The van der Waals surface area contributed by atoms with Gasteiger partial charge in [0.25, 0.3) is 6.47 Å². The molecule has 0 aliphatic heterocycles. The van der Waals surface area contributed by atoms with Crippen molar-refractivity contribution in [3.63, 3.8) is 0 Å². The van der Waals surface area contributed by atoms with Crippen LogP contribution in [0.15, 0.2) is 24.8 Å². The van der Waals surface area contributed by atoms with Crippen molar-refractivity contribution in [2.75, 3.05) is 6.61 Å². The summed E-state index contributed by atoms with van der Waals surface area (Å²) in [4.78, 5) is 20.6. The first-order valence-corrected chi connectivity index (χ1v) is 5.60. The molecule has 2 unspecified atom stereocenters. The molecule has 0 saturated heterocycles. The van der Waals surface area contributed by atoms with Gasteiger partial charge >= 0.3 is 5.97 Å². The van der Waals surface area contributed by atoms with Crippen molar-refractivity contribution < 1.29 is 19.4 Å². The number of nitrogens with zero attached hydrogens (tertiary/aromatic N) is 1. The molecule has 2 atom stereocenters. The number of carboxylic acids is 1. The van der Waals surface area contributed by atoms with Gasteiger partial charge in [-0.1, -0.05) is 18.2 Å². The van der Waals surface area contributed by atoms with Crippen LogP contribution in [0.3, 0.4) is 0 Å². The predicted octanol–water partition coefficient (Wildman–Crippen LogP) is 1.91. The summed E-state index contributed by atoms with van der Waals surface area (Å²) in [5.41, 5.74) is 0. The Balaban J connectivity index is 4.01. The number of hydrogen-bond donors (Lipinski definition) is 1. The Labute approximate surface area is 106 Å². The summed E-state index contributed by atoms with van der Waals surface area (Å²) in [5.74, 6) is -1.96. The topological polar surface area (TPSA) is 87.4 Å². The van der Waals surface area contributed by atoms with E-state index >= 15 is 0 Å². The summed E-state index contributed by atoms with van der Waals surface area (Å²) in [7, 11) is 0. The SMILES string of the molecule is C=CC(CC(C#N)CCC=CCOC=O)C(=O)O. The molecule has 0 rings (SSSR count). The average molecular weight is 251 g/mol. The molecule has 0 fully saturated rings. The minimum absolute atomic E-state index is 0.213. The lowest BCUT2D eigenvalue weighted by Gasteiger charge is -2.11. The molecule has 0 bridgehead atoms. The lowest BCUT2D eigenvalue weighted by molar-refractivity contribution is -0.140. The predicted molar refractivity (Wildman–Crippen MR) is 65.4 cm³/mol. The summed E-state index contributed by atoms with van der Waals surface area (Å²) in [6.07, 6.45) is 6.33. The maximum absolute atomic E-state index is 10.8. The van der Waals surface area contributed by atoms with Crippen LogP contribution in [-0.2, 0) is 14.3 Å². The quantitative estimate of drug-likeness (QED) is 0.364. The molecular formula is C13H17NO4. The lowest BCUT2D eigenvalue weighted by atomic mass is 9.92. The van der Waals surface area contributed by atoms with Crippen molar-refractivity contribution in [1.82, 2.24) is 0 Å². The summed E-state index contributed by atoms with van der Waals surface area (Å²) in [6, 6.07) is 2.09. The molecule has 0 aromatic heterocycles. The summed E-state index contributed by atoms with van der Waals surface area (Å²) in [5, 5.41) is 17.8. The number of carbonyl (C=O) groups is 2. The molecule has 1 N–H and O–H groups in total. The van der Waals surface area contributed by atoms with E-state index in [-0.39, 0.29) is 18.9 Å². The number of ether oxygens (including phenoxy) is 1. The highest BCUT2D eigenvalue weighted by Gasteiger charge is 2.18. The van der Waals surface area contributed by atoms with Crippen LogP contribution >= 0.6 is 0 Å². The molecule has 0 amide bonds. The summed E-state index contributed by atoms with van der Waals surface area (Å²) in [6.45, 7) is 4.02. The van der Waals surface area contributed by atoms with Gasteiger partial charge in [-0.25, -0.2) is 0 Å². The van der Waals surface area contributed by atoms with Gasteiger partial charge in [-0.15, -0.1) is 6.58 Å². The van der Waals surface area contributed by atoms with Crippen molar-refractivity contribution in [1.29, 1.82) is 5.26 Å². The van der Waals surface area contributed by atoms with E-state index in [0.717, 1.165) is 0 Å². The minimum atomic E-state index is -0.958. The van der Waals surface area contributed by atoms with E-state index in [1.807, 2.05) is 0 Å². The van der Waals surface area contributed by atoms with Crippen molar-refractivity contribution >= 4 is 12.4 Å². The van der Waals surface area contributed by atoms with Crippen molar-refractivity contribution in [3.8, 4) is 6.07 Å². The number of nitriles is 1. The van der Waals surface area contributed by atoms with E-state index < -0.39 is 11.9 Å². The zero-order chi connectivity index (χ0) is 13.8. The van der Waals surface area contributed by atoms with Crippen molar-refractivity contribution in [2.24, 2.45) is 11.8 Å². The minimum Gasteiger partial charge on any atom is -0.481 e. The van der Waals surface area contributed by atoms with Gasteiger partial charge < -0.3 is 9.84 Å². The smallest absolute Gasteiger partial charge is 0.310 e. The van der Waals surface area contributed by atoms with Gasteiger partial charge in [-0.2, -0.15) is 5.26 Å². The first kappa shape index (κ1) is 15.9. The zero-order valence-electron chi connectivity index (χ0n) is 10.1. The van der Waals surface area contributed by atoms with E-state index in [9.17, 15) is 9.59 Å². The average Bonchev–Trinajstić information content (AvgIpc) is 2.36. The molecule has 18 heavy (non-hydrogen) atoms. The Morgan fingerprint density at radius 1 is 1.50 bits per heavy atom. The van der Waals surface area contributed by atoms with Gasteiger partial charge in [-0.05, 0) is 19.3 Å². The van der Waals surface area contributed by atoms with Crippen LogP contribution in [0.4, 0.5) is 0 Å². The van der Waals surface area contributed by atoms with Gasteiger partial charge in [0.1, 0.15) is 6.61 Å². The molecular weight excluding hydrogens is 234 g/mol. The van der Waals surface area contributed by atoms with Gasteiger partial charge in [0.2, 0.25) is 0 Å². The molecule has 0 aromatic carbocycles. The molecule has 0 aliphatic rings. The Bertz CT molecular complexity index is 343. The van der Waals surface area contributed by atoms with E-state index in [4.69, 9.17) is 10.4 Å². The van der Waals surface area contributed by atoms with Gasteiger partial charge in [0.05, 0.1) is 12.0 Å². The summed E-state index contributed by atoms with van der Waals surface area (Å²) < 4.78 is 4.46. The Morgan fingerprint density at radius 2 is 2.22 bits per heavy atom. The highest BCUT2D eigenvalue weighted by molar-refractivity contribution is 5.71. The van der Waals surface area contributed by atoms with E-state index in [0.29, 0.717) is 19.3 Å². The fourth-order valence-electron chi connectivity index (χ4n) is 1.42. The Hall–Kier alpha value is -2.09. The molecule has 98 valence electrons. The van der Waals surface area contributed by atoms with Crippen molar-refractivity contribution in [2.45, 2.75) is 19.3 Å². The molecule has 0 aliphatic carbocycles.